The first kappa shape index (κ1) is 18.8. The topological polar surface area (TPSA) is 69.0 Å². The lowest BCUT2D eigenvalue weighted by molar-refractivity contribution is -0.121. The van der Waals surface area contributed by atoms with Gasteiger partial charge in [0.05, 0.1) is 11.6 Å². The maximum atomic E-state index is 13.6. The summed E-state index contributed by atoms with van der Waals surface area (Å²) in [7, 11) is 0. The van der Waals surface area contributed by atoms with Crippen LogP contribution in [0.1, 0.15) is 36.8 Å². The lowest BCUT2D eigenvalue weighted by atomic mass is 9.93. The number of amides is 1. The van der Waals surface area contributed by atoms with Crippen molar-refractivity contribution in [3.8, 4) is 6.07 Å². The van der Waals surface area contributed by atoms with Gasteiger partial charge in [0.25, 0.3) is 0 Å². The number of hydrogen-bond donors (Lipinski definition) is 1. The van der Waals surface area contributed by atoms with E-state index in [0.717, 1.165) is 38.2 Å². The van der Waals surface area contributed by atoms with E-state index >= 15 is 0 Å². The predicted molar refractivity (Wildman–Crippen MR) is 101 cm³/mol. The third kappa shape index (κ3) is 5.27. The van der Waals surface area contributed by atoms with E-state index in [9.17, 15) is 9.18 Å². The van der Waals surface area contributed by atoms with Crippen LogP contribution in [0.3, 0.4) is 0 Å². The Bertz CT molecular complexity index is 833. The third-order valence-electron chi connectivity index (χ3n) is 4.93. The summed E-state index contributed by atoms with van der Waals surface area (Å²) in [5.41, 5.74) is 1.10. The molecule has 2 aromatic rings. The first-order valence-corrected chi connectivity index (χ1v) is 9.27. The van der Waals surface area contributed by atoms with Crippen molar-refractivity contribution in [2.45, 2.75) is 32.2 Å². The van der Waals surface area contributed by atoms with Gasteiger partial charge in [0, 0.05) is 37.8 Å². The number of pyridine rings is 1. The molecule has 3 rings (SSSR count). The van der Waals surface area contributed by atoms with Crippen LogP contribution in [-0.4, -0.2) is 24.0 Å². The second-order valence-electron chi connectivity index (χ2n) is 6.88. The number of aromatic nitrogens is 1. The van der Waals surface area contributed by atoms with Crippen molar-refractivity contribution in [1.29, 1.82) is 5.26 Å². The van der Waals surface area contributed by atoms with Gasteiger partial charge in [-0.05, 0) is 43.4 Å². The molecule has 0 radical (unpaired) electrons. The summed E-state index contributed by atoms with van der Waals surface area (Å²) in [5.74, 6) is 0.876. The predicted octanol–water partition coefficient (Wildman–Crippen LogP) is 3.41. The Kier molecular flexibility index (Phi) is 6.37. The van der Waals surface area contributed by atoms with Crippen molar-refractivity contribution in [1.82, 2.24) is 10.3 Å². The van der Waals surface area contributed by atoms with E-state index in [1.807, 2.05) is 6.07 Å². The number of nitrogens with one attached hydrogen (secondary N) is 1. The fraction of sp³-hybridized carbons (Fsp3) is 0.381. The van der Waals surface area contributed by atoms with Crippen LogP contribution in [0.5, 0.6) is 0 Å². The number of hydrogen-bond acceptors (Lipinski definition) is 4. The molecule has 0 spiro atoms. The first-order valence-electron chi connectivity index (χ1n) is 9.27. The second-order valence-corrected chi connectivity index (χ2v) is 6.88. The Hall–Kier alpha value is -2.94. The summed E-state index contributed by atoms with van der Waals surface area (Å²) in [6.07, 6.45) is 5.00. The number of halogens is 1. The molecule has 0 bridgehead atoms. The molecule has 2 heterocycles. The van der Waals surface area contributed by atoms with Crippen molar-refractivity contribution >= 4 is 11.7 Å². The number of carbonyl (C=O) groups is 1. The third-order valence-corrected chi connectivity index (χ3v) is 4.93. The van der Waals surface area contributed by atoms with E-state index in [-0.39, 0.29) is 18.3 Å². The number of benzene rings is 1. The fourth-order valence-electron chi connectivity index (χ4n) is 3.43. The van der Waals surface area contributed by atoms with Gasteiger partial charge in [-0.3, -0.25) is 4.79 Å². The van der Waals surface area contributed by atoms with Gasteiger partial charge in [0.2, 0.25) is 5.91 Å². The Morgan fingerprint density at radius 1 is 1.37 bits per heavy atom. The van der Waals surface area contributed by atoms with Crippen LogP contribution in [0.2, 0.25) is 0 Å². The molecular formula is C21H23FN4O. The Morgan fingerprint density at radius 2 is 2.22 bits per heavy atom. The molecule has 1 aliphatic rings. The van der Waals surface area contributed by atoms with E-state index < -0.39 is 0 Å². The van der Waals surface area contributed by atoms with Gasteiger partial charge in [-0.2, -0.15) is 5.26 Å². The fourth-order valence-corrected chi connectivity index (χ4v) is 3.43. The molecule has 1 aromatic heterocycles. The summed E-state index contributed by atoms with van der Waals surface area (Å²) >= 11 is 0. The van der Waals surface area contributed by atoms with E-state index in [2.05, 4.69) is 21.3 Å². The van der Waals surface area contributed by atoms with Crippen molar-refractivity contribution in [2.75, 3.05) is 18.0 Å². The van der Waals surface area contributed by atoms with E-state index in [0.29, 0.717) is 23.5 Å². The van der Waals surface area contributed by atoms with Gasteiger partial charge in [0.15, 0.2) is 0 Å². The number of nitriles is 1. The molecule has 1 N–H and O–H groups in total. The summed E-state index contributed by atoms with van der Waals surface area (Å²) < 4.78 is 13.6. The van der Waals surface area contributed by atoms with Crippen LogP contribution in [0.15, 0.2) is 42.6 Å². The maximum Gasteiger partial charge on any atom is 0.220 e. The van der Waals surface area contributed by atoms with Gasteiger partial charge in [-0.25, -0.2) is 9.37 Å². The average Bonchev–Trinajstić information content (AvgIpc) is 2.72. The van der Waals surface area contributed by atoms with E-state index in [1.165, 1.54) is 6.07 Å². The monoisotopic (exact) mass is 366 g/mol. The molecule has 0 saturated carbocycles. The highest BCUT2D eigenvalue weighted by atomic mass is 19.1. The van der Waals surface area contributed by atoms with Crippen LogP contribution >= 0.6 is 0 Å². The van der Waals surface area contributed by atoms with Crippen LogP contribution in [-0.2, 0) is 11.3 Å². The Morgan fingerprint density at radius 3 is 3.04 bits per heavy atom. The molecule has 1 atom stereocenters. The smallest absolute Gasteiger partial charge is 0.220 e. The largest absolute Gasteiger partial charge is 0.356 e. The van der Waals surface area contributed by atoms with Crippen molar-refractivity contribution in [3.63, 3.8) is 0 Å². The molecule has 5 nitrogen and oxygen atoms in total. The minimum atomic E-state index is -0.298. The van der Waals surface area contributed by atoms with Crippen LogP contribution in [0, 0.1) is 23.1 Å². The highest BCUT2D eigenvalue weighted by Gasteiger charge is 2.21. The first-order chi connectivity index (χ1) is 13.2. The Balaban J connectivity index is 1.47. The van der Waals surface area contributed by atoms with Crippen LogP contribution in [0.25, 0.3) is 0 Å². The molecule has 1 fully saturated rings. The summed E-state index contributed by atoms with van der Waals surface area (Å²) in [4.78, 5) is 18.7. The van der Waals surface area contributed by atoms with Gasteiger partial charge < -0.3 is 10.2 Å². The highest BCUT2D eigenvalue weighted by molar-refractivity contribution is 5.75. The molecule has 1 amide bonds. The average molecular weight is 366 g/mol. The normalized spacial score (nSPS) is 16.6. The van der Waals surface area contributed by atoms with Crippen LogP contribution < -0.4 is 10.2 Å². The zero-order valence-electron chi connectivity index (χ0n) is 15.2. The number of nitrogens with zero attached hydrogens (tertiary/aromatic N) is 3. The molecule has 140 valence electrons. The maximum absolute atomic E-state index is 13.6. The molecule has 0 unspecified atom stereocenters. The van der Waals surface area contributed by atoms with Crippen molar-refractivity contribution < 1.29 is 9.18 Å². The van der Waals surface area contributed by atoms with Crippen LogP contribution in [0.4, 0.5) is 10.2 Å². The Labute approximate surface area is 158 Å². The molecule has 0 aliphatic carbocycles. The second kappa shape index (κ2) is 9.13. The minimum absolute atomic E-state index is 0.0556. The molecular weight excluding hydrogens is 343 g/mol. The van der Waals surface area contributed by atoms with Gasteiger partial charge in [-0.15, -0.1) is 0 Å². The van der Waals surface area contributed by atoms with Gasteiger partial charge >= 0.3 is 0 Å². The summed E-state index contributed by atoms with van der Waals surface area (Å²) in [6.45, 7) is 1.97. The van der Waals surface area contributed by atoms with E-state index in [4.69, 9.17) is 5.26 Å². The molecule has 1 aliphatic heterocycles. The zero-order valence-corrected chi connectivity index (χ0v) is 15.2. The molecule has 1 saturated heterocycles. The van der Waals surface area contributed by atoms with Crippen molar-refractivity contribution in [3.05, 3.63) is 59.5 Å². The standard InChI is InChI=1S/C21H23FN4O/c22-19-6-2-1-5-18(19)14-25-21(27)8-7-16-4-3-11-26(15-16)20-12-17(13-23)9-10-24-20/h1-2,5-6,9-10,12,16H,3-4,7-8,11,14-15H2,(H,25,27)/t16-/m1/s1. The van der Waals surface area contributed by atoms with E-state index in [1.54, 1.807) is 30.5 Å². The molecule has 1 aromatic carbocycles. The zero-order chi connectivity index (χ0) is 19.1. The minimum Gasteiger partial charge on any atom is -0.356 e. The number of piperidine rings is 1. The molecule has 6 heteroatoms. The highest BCUT2D eigenvalue weighted by Crippen LogP contribution is 2.25. The number of anilines is 1. The lowest BCUT2D eigenvalue weighted by Gasteiger charge is -2.33. The summed E-state index contributed by atoms with van der Waals surface area (Å²) in [6, 6.07) is 12.1. The summed E-state index contributed by atoms with van der Waals surface area (Å²) in [5, 5.41) is 11.8. The SMILES string of the molecule is N#Cc1ccnc(N2CCC[C@H](CCC(=O)NCc3ccccc3F)C2)c1. The van der Waals surface area contributed by atoms with Gasteiger partial charge in [-0.1, -0.05) is 18.2 Å². The van der Waals surface area contributed by atoms with Gasteiger partial charge in [0.1, 0.15) is 11.6 Å². The number of carbonyl (C=O) groups excluding carboxylic acids is 1. The number of rotatable bonds is 6. The van der Waals surface area contributed by atoms with Crippen molar-refractivity contribution in [2.24, 2.45) is 5.92 Å². The quantitative estimate of drug-likeness (QED) is 0.851. The molecule has 27 heavy (non-hydrogen) atoms. The lowest BCUT2D eigenvalue weighted by Crippen LogP contribution is -2.36.